The molecule has 2 aliphatic heterocycles. The average molecular weight is 346 g/mol. The minimum atomic E-state index is -0.0779. The van der Waals surface area contributed by atoms with Gasteiger partial charge in [-0.3, -0.25) is 9.59 Å². The summed E-state index contributed by atoms with van der Waals surface area (Å²) >= 11 is 0. The topological polar surface area (TPSA) is 81.7 Å². The van der Waals surface area contributed by atoms with Gasteiger partial charge < -0.3 is 20.0 Å². The molecular formula is C17H26N6O2. The second-order valence-electron chi connectivity index (χ2n) is 6.88. The third-order valence-electron chi connectivity index (χ3n) is 4.80. The highest BCUT2D eigenvalue weighted by molar-refractivity contribution is 5.84. The third-order valence-corrected chi connectivity index (χ3v) is 4.80. The summed E-state index contributed by atoms with van der Waals surface area (Å²) in [5.41, 5.74) is 0. The summed E-state index contributed by atoms with van der Waals surface area (Å²) in [5.74, 6) is 2.67. The molecule has 0 radical (unpaired) electrons. The average Bonchev–Trinajstić information content (AvgIpc) is 2.61. The van der Waals surface area contributed by atoms with E-state index in [0.717, 1.165) is 30.5 Å². The Morgan fingerprint density at radius 3 is 2.56 bits per heavy atom. The van der Waals surface area contributed by atoms with E-state index in [0.29, 0.717) is 32.5 Å². The minimum Gasteiger partial charge on any atom is -0.363 e. The number of carbonyl (C=O) groups excluding carboxylic acids is 2. The van der Waals surface area contributed by atoms with E-state index in [1.807, 2.05) is 36.9 Å². The molecule has 2 fully saturated rings. The Balaban J connectivity index is 1.60. The smallest absolute Gasteiger partial charge is 0.227 e. The molecular weight excluding hydrogens is 320 g/mol. The van der Waals surface area contributed by atoms with Crippen LogP contribution in [0.5, 0.6) is 0 Å². The fourth-order valence-corrected chi connectivity index (χ4v) is 3.29. The maximum absolute atomic E-state index is 12.6. The van der Waals surface area contributed by atoms with Gasteiger partial charge in [-0.15, -0.1) is 0 Å². The van der Waals surface area contributed by atoms with Crippen molar-refractivity contribution in [2.75, 3.05) is 56.6 Å². The number of nitrogens with one attached hydrogen (secondary N) is 1. The van der Waals surface area contributed by atoms with Gasteiger partial charge in [-0.25, -0.2) is 9.97 Å². The first-order valence-corrected chi connectivity index (χ1v) is 8.77. The molecule has 2 amide bonds. The number of hydrogen-bond acceptors (Lipinski definition) is 6. The number of aryl methyl sites for hydroxylation is 1. The van der Waals surface area contributed by atoms with E-state index < -0.39 is 0 Å². The molecule has 136 valence electrons. The number of nitrogens with zero attached hydrogens (tertiary/aromatic N) is 5. The fraction of sp³-hybridized carbons (Fsp3) is 0.647. The lowest BCUT2D eigenvalue weighted by molar-refractivity contribution is -0.137. The standard InChI is InChI=1S/C17H26N6O2/c1-12-19-14(21(2)3)10-15(20-12)22-6-8-23(9-7-22)17(25)13-4-5-16(24)18-11-13/h10,13H,4-9,11H2,1-3H3,(H,18,24). The molecule has 0 aliphatic carbocycles. The van der Waals surface area contributed by atoms with Crippen LogP contribution in [-0.4, -0.2) is 73.5 Å². The molecule has 2 saturated heterocycles. The predicted octanol–water partition coefficient (Wildman–Crippen LogP) is 0.0258. The largest absolute Gasteiger partial charge is 0.363 e. The molecule has 1 N–H and O–H groups in total. The highest BCUT2D eigenvalue weighted by Crippen LogP contribution is 2.21. The molecule has 1 unspecified atom stereocenters. The second-order valence-corrected chi connectivity index (χ2v) is 6.88. The Bertz CT molecular complexity index is 645. The molecule has 8 heteroatoms. The zero-order valence-corrected chi connectivity index (χ0v) is 15.2. The second kappa shape index (κ2) is 7.25. The van der Waals surface area contributed by atoms with Crippen molar-refractivity contribution in [3.63, 3.8) is 0 Å². The van der Waals surface area contributed by atoms with Crippen molar-refractivity contribution in [2.24, 2.45) is 5.92 Å². The Morgan fingerprint density at radius 2 is 1.96 bits per heavy atom. The third kappa shape index (κ3) is 4.00. The van der Waals surface area contributed by atoms with Gasteiger partial charge in [-0.05, 0) is 13.3 Å². The van der Waals surface area contributed by atoms with Gasteiger partial charge >= 0.3 is 0 Å². The first kappa shape index (κ1) is 17.4. The van der Waals surface area contributed by atoms with Gasteiger partial charge in [0, 0.05) is 59.3 Å². The number of piperidine rings is 1. The molecule has 1 atom stereocenters. The number of hydrogen-bond donors (Lipinski definition) is 1. The van der Waals surface area contributed by atoms with E-state index in [4.69, 9.17) is 0 Å². The Hall–Kier alpha value is -2.38. The van der Waals surface area contributed by atoms with Gasteiger partial charge in [0.25, 0.3) is 0 Å². The lowest BCUT2D eigenvalue weighted by Crippen LogP contribution is -2.52. The van der Waals surface area contributed by atoms with Gasteiger partial charge in [-0.2, -0.15) is 0 Å². The van der Waals surface area contributed by atoms with E-state index in [2.05, 4.69) is 20.2 Å². The fourth-order valence-electron chi connectivity index (χ4n) is 3.29. The number of aromatic nitrogens is 2. The maximum atomic E-state index is 12.6. The molecule has 3 heterocycles. The van der Waals surface area contributed by atoms with E-state index in [9.17, 15) is 9.59 Å². The van der Waals surface area contributed by atoms with Crippen molar-refractivity contribution in [3.05, 3.63) is 11.9 Å². The summed E-state index contributed by atoms with van der Waals surface area (Å²) in [5, 5.41) is 2.79. The number of amides is 2. The van der Waals surface area contributed by atoms with Crippen molar-refractivity contribution in [1.29, 1.82) is 0 Å². The van der Waals surface area contributed by atoms with Crippen LogP contribution in [0.1, 0.15) is 18.7 Å². The molecule has 0 spiro atoms. The van der Waals surface area contributed by atoms with Crippen LogP contribution < -0.4 is 15.1 Å². The molecule has 0 saturated carbocycles. The molecule has 0 aromatic carbocycles. The summed E-state index contributed by atoms with van der Waals surface area (Å²) in [6, 6.07) is 1.99. The first-order valence-electron chi connectivity index (χ1n) is 8.77. The number of anilines is 2. The van der Waals surface area contributed by atoms with Crippen molar-refractivity contribution in [3.8, 4) is 0 Å². The van der Waals surface area contributed by atoms with E-state index in [1.165, 1.54) is 0 Å². The van der Waals surface area contributed by atoms with E-state index in [-0.39, 0.29) is 17.7 Å². The van der Waals surface area contributed by atoms with Gasteiger partial charge in [0.15, 0.2) is 0 Å². The lowest BCUT2D eigenvalue weighted by Gasteiger charge is -2.37. The van der Waals surface area contributed by atoms with Crippen LogP contribution in [0.2, 0.25) is 0 Å². The van der Waals surface area contributed by atoms with Gasteiger partial charge in [0.2, 0.25) is 11.8 Å². The maximum Gasteiger partial charge on any atom is 0.227 e. The Morgan fingerprint density at radius 1 is 1.24 bits per heavy atom. The van der Waals surface area contributed by atoms with Crippen molar-refractivity contribution in [1.82, 2.24) is 20.2 Å². The van der Waals surface area contributed by atoms with Crippen LogP contribution in [0.15, 0.2) is 6.07 Å². The summed E-state index contributed by atoms with van der Waals surface area (Å²) in [6.45, 7) is 5.25. The summed E-state index contributed by atoms with van der Waals surface area (Å²) in [7, 11) is 3.93. The minimum absolute atomic E-state index is 0.0460. The molecule has 8 nitrogen and oxygen atoms in total. The zero-order valence-electron chi connectivity index (χ0n) is 15.2. The predicted molar refractivity (Wildman–Crippen MR) is 95.6 cm³/mol. The van der Waals surface area contributed by atoms with Crippen LogP contribution in [0, 0.1) is 12.8 Å². The van der Waals surface area contributed by atoms with Crippen LogP contribution in [-0.2, 0) is 9.59 Å². The van der Waals surface area contributed by atoms with Crippen molar-refractivity contribution in [2.45, 2.75) is 19.8 Å². The van der Waals surface area contributed by atoms with Gasteiger partial charge in [-0.1, -0.05) is 0 Å². The quantitative estimate of drug-likeness (QED) is 0.831. The number of piperazine rings is 1. The van der Waals surface area contributed by atoms with Crippen LogP contribution in [0.25, 0.3) is 0 Å². The summed E-state index contributed by atoms with van der Waals surface area (Å²) < 4.78 is 0. The molecule has 1 aromatic rings. The SMILES string of the molecule is Cc1nc(N(C)C)cc(N2CCN(C(=O)C3CCC(=O)NC3)CC2)n1. The molecule has 3 rings (SSSR count). The highest BCUT2D eigenvalue weighted by atomic mass is 16.2. The number of rotatable bonds is 3. The van der Waals surface area contributed by atoms with Crippen molar-refractivity contribution < 1.29 is 9.59 Å². The van der Waals surface area contributed by atoms with Gasteiger partial charge in [0.1, 0.15) is 17.5 Å². The molecule has 0 bridgehead atoms. The van der Waals surface area contributed by atoms with Crippen LogP contribution in [0.4, 0.5) is 11.6 Å². The normalized spacial score (nSPS) is 21.1. The van der Waals surface area contributed by atoms with E-state index in [1.54, 1.807) is 0 Å². The summed E-state index contributed by atoms with van der Waals surface area (Å²) in [6.07, 6.45) is 1.10. The monoisotopic (exact) mass is 346 g/mol. The van der Waals surface area contributed by atoms with E-state index >= 15 is 0 Å². The zero-order chi connectivity index (χ0) is 18.0. The first-order chi connectivity index (χ1) is 11.9. The molecule has 1 aromatic heterocycles. The summed E-state index contributed by atoms with van der Waals surface area (Å²) in [4.78, 5) is 38.9. The molecule has 2 aliphatic rings. The van der Waals surface area contributed by atoms with Crippen molar-refractivity contribution >= 4 is 23.5 Å². The Labute approximate surface area is 148 Å². The van der Waals surface area contributed by atoms with Gasteiger partial charge in [0.05, 0.1) is 5.92 Å². The molecule has 25 heavy (non-hydrogen) atoms. The Kier molecular flexibility index (Phi) is 5.06. The highest BCUT2D eigenvalue weighted by Gasteiger charge is 2.30. The van der Waals surface area contributed by atoms with Crippen LogP contribution in [0.3, 0.4) is 0 Å². The lowest BCUT2D eigenvalue weighted by atomic mass is 9.97. The number of carbonyl (C=O) groups is 2. The van der Waals surface area contributed by atoms with Crippen LogP contribution >= 0.6 is 0 Å².